The number of nitrogen functional groups attached to an aromatic ring is 1. The number of hydrogen-bond acceptors (Lipinski definition) is 6. The minimum atomic E-state index is -3.51. The molecule has 0 aromatic carbocycles. The number of aromatic nitrogens is 1. The molecule has 0 unspecified atom stereocenters. The number of nitrogens with zero attached hydrogens (tertiary/aromatic N) is 1. The van der Waals surface area contributed by atoms with Crippen LogP contribution in [0.5, 0.6) is 0 Å². The van der Waals surface area contributed by atoms with Crippen LogP contribution < -0.4 is 16.0 Å². The Labute approximate surface area is 115 Å². The van der Waals surface area contributed by atoms with Gasteiger partial charge in [0, 0.05) is 17.6 Å². The maximum atomic E-state index is 12.0. The van der Waals surface area contributed by atoms with Crippen LogP contribution in [0.15, 0.2) is 40.7 Å². The Morgan fingerprint density at radius 2 is 2.16 bits per heavy atom. The first kappa shape index (κ1) is 13.9. The zero-order chi connectivity index (χ0) is 13.7. The van der Waals surface area contributed by atoms with Gasteiger partial charge in [-0.2, -0.15) is 0 Å². The molecule has 0 aliphatic rings. The molecule has 0 bridgehead atoms. The van der Waals surface area contributed by atoms with Gasteiger partial charge in [-0.25, -0.2) is 24.0 Å². The summed E-state index contributed by atoms with van der Waals surface area (Å²) in [6.07, 6.45) is 1.94. The highest BCUT2D eigenvalue weighted by Gasteiger charge is 2.13. The lowest BCUT2D eigenvalue weighted by Gasteiger charge is -2.06. The lowest BCUT2D eigenvalue weighted by Crippen LogP contribution is -2.26. The summed E-state index contributed by atoms with van der Waals surface area (Å²) in [7, 11) is -3.51. The number of rotatable bonds is 6. The predicted octanol–water partition coefficient (Wildman–Crippen LogP) is 0.950. The van der Waals surface area contributed by atoms with Crippen LogP contribution >= 0.6 is 11.3 Å². The van der Waals surface area contributed by atoms with Crippen LogP contribution in [0.1, 0.15) is 4.88 Å². The van der Waals surface area contributed by atoms with Crippen molar-refractivity contribution in [2.75, 3.05) is 12.0 Å². The van der Waals surface area contributed by atoms with E-state index in [4.69, 9.17) is 5.84 Å². The molecule has 6 nitrogen and oxygen atoms in total. The maximum Gasteiger partial charge on any atom is 0.242 e. The fourth-order valence-electron chi connectivity index (χ4n) is 1.47. The molecular weight excluding hydrogens is 284 g/mol. The summed E-state index contributed by atoms with van der Waals surface area (Å²) in [5.41, 5.74) is 2.34. The van der Waals surface area contributed by atoms with Crippen molar-refractivity contribution < 1.29 is 8.42 Å². The average Bonchev–Trinajstić information content (AvgIpc) is 2.92. The molecule has 0 spiro atoms. The second kappa shape index (κ2) is 6.11. The molecule has 2 aromatic rings. The van der Waals surface area contributed by atoms with E-state index in [-0.39, 0.29) is 4.90 Å². The van der Waals surface area contributed by atoms with Crippen molar-refractivity contribution in [3.8, 4) is 0 Å². The standard InChI is InChI=1S/C11H14N4O2S2/c12-15-11-4-3-10(8-13-11)19(16,17)14-6-5-9-2-1-7-18-9/h1-4,7-8,14H,5-6,12H2,(H,13,15). The number of hydrazine groups is 1. The number of nitrogens with one attached hydrogen (secondary N) is 2. The van der Waals surface area contributed by atoms with Crippen molar-refractivity contribution in [1.29, 1.82) is 0 Å². The van der Waals surface area contributed by atoms with Crippen LogP contribution in [0, 0.1) is 0 Å². The Kier molecular flexibility index (Phi) is 4.48. The van der Waals surface area contributed by atoms with Gasteiger partial charge in [0.1, 0.15) is 10.7 Å². The predicted molar refractivity (Wildman–Crippen MR) is 75.3 cm³/mol. The largest absolute Gasteiger partial charge is 0.308 e. The van der Waals surface area contributed by atoms with E-state index in [1.807, 2.05) is 17.5 Å². The van der Waals surface area contributed by atoms with Crippen molar-refractivity contribution >= 4 is 27.2 Å². The number of sulfonamides is 1. The van der Waals surface area contributed by atoms with E-state index in [0.717, 1.165) is 4.88 Å². The van der Waals surface area contributed by atoms with Crippen LogP contribution in [-0.4, -0.2) is 19.9 Å². The summed E-state index contributed by atoms with van der Waals surface area (Å²) in [4.78, 5) is 5.13. The Hall–Kier alpha value is -1.48. The van der Waals surface area contributed by atoms with Gasteiger partial charge in [0.15, 0.2) is 0 Å². The molecule has 0 amide bonds. The Bertz CT molecular complexity index is 609. The highest BCUT2D eigenvalue weighted by Crippen LogP contribution is 2.11. The summed E-state index contributed by atoms with van der Waals surface area (Å²) >= 11 is 1.60. The summed E-state index contributed by atoms with van der Waals surface area (Å²) in [5.74, 6) is 5.58. The molecule has 8 heteroatoms. The molecular formula is C11H14N4O2S2. The summed E-state index contributed by atoms with van der Waals surface area (Å²) < 4.78 is 26.5. The molecule has 0 radical (unpaired) electrons. The van der Waals surface area contributed by atoms with Gasteiger partial charge >= 0.3 is 0 Å². The van der Waals surface area contributed by atoms with Crippen molar-refractivity contribution in [2.45, 2.75) is 11.3 Å². The zero-order valence-electron chi connectivity index (χ0n) is 10.0. The van der Waals surface area contributed by atoms with E-state index in [1.54, 1.807) is 11.3 Å². The van der Waals surface area contributed by atoms with E-state index in [2.05, 4.69) is 15.1 Å². The van der Waals surface area contributed by atoms with Crippen LogP contribution in [0.3, 0.4) is 0 Å². The van der Waals surface area contributed by atoms with Gasteiger partial charge in [0.05, 0.1) is 0 Å². The summed E-state index contributed by atoms with van der Waals surface area (Å²) in [6, 6.07) is 6.88. The van der Waals surface area contributed by atoms with E-state index in [9.17, 15) is 8.42 Å². The first-order valence-corrected chi connectivity index (χ1v) is 7.93. The van der Waals surface area contributed by atoms with Crippen molar-refractivity contribution in [3.63, 3.8) is 0 Å². The molecule has 0 saturated heterocycles. The fraction of sp³-hybridized carbons (Fsp3) is 0.182. The topological polar surface area (TPSA) is 97.1 Å². The quantitative estimate of drug-likeness (QED) is 0.545. The first-order chi connectivity index (χ1) is 9.12. The van der Waals surface area contributed by atoms with Gasteiger partial charge in [-0.3, -0.25) is 0 Å². The molecule has 0 fully saturated rings. The number of thiophene rings is 1. The maximum absolute atomic E-state index is 12.0. The monoisotopic (exact) mass is 298 g/mol. The minimum Gasteiger partial charge on any atom is -0.308 e. The Morgan fingerprint density at radius 3 is 2.74 bits per heavy atom. The van der Waals surface area contributed by atoms with Crippen LogP contribution in [0.4, 0.5) is 5.82 Å². The lowest BCUT2D eigenvalue weighted by atomic mass is 10.3. The van der Waals surface area contributed by atoms with Gasteiger partial charge in [0.2, 0.25) is 10.0 Å². The third-order valence-electron chi connectivity index (χ3n) is 2.44. The molecule has 19 heavy (non-hydrogen) atoms. The van der Waals surface area contributed by atoms with Crippen molar-refractivity contribution in [1.82, 2.24) is 9.71 Å². The molecule has 0 saturated carbocycles. The second-order valence-corrected chi connectivity index (χ2v) is 6.55. The number of hydrogen-bond donors (Lipinski definition) is 3. The van der Waals surface area contributed by atoms with Crippen molar-refractivity contribution in [2.24, 2.45) is 5.84 Å². The Morgan fingerprint density at radius 1 is 1.32 bits per heavy atom. The van der Waals surface area contributed by atoms with Gasteiger partial charge < -0.3 is 5.43 Å². The van der Waals surface area contributed by atoms with Crippen molar-refractivity contribution in [3.05, 3.63) is 40.7 Å². The zero-order valence-corrected chi connectivity index (χ0v) is 11.7. The molecule has 0 aliphatic heterocycles. The Balaban J connectivity index is 1.97. The lowest BCUT2D eigenvalue weighted by molar-refractivity contribution is 0.581. The van der Waals surface area contributed by atoms with Crippen LogP contribution in [-0.2, 0) is 16.4 Å². The van der Waals surface area contributed by atoms with Gasteiger partial charge in [-0.1, -0.05) is 6.07 Å². The van der Waals surface area contributed by atoms with Crippen LogP contribution in [0.25, 0.3) is 0 Å². The average molecular weight is 298 g/mol. The van der Waals surface area contributed by atoms with Gasteiger partial charge in [-0.05, 0) is 30.0 Å². The molecule has 4 N–H and O–H groups in total. The third kappa shape index (κ3) is 3.74. The minimum absolute atomic E-state index is 0.123. The number of anilines is 1. The molecule has 0 atom stereocenters. The normalized spacial score (nSPS) is 11.4. The molecule has 2 aromatic heterocycles. The SMILES string of the molecule is NNc1ccc(S(=O)(=O)NCCc2cccs2)cn1. The van der Waals surface area contributed by atoms with Gasteiger partial charge in [-0.15, -0.1) is 11.3 Å². The fourth-order valence-corrected chi connectivity index (χ4v) is 3.16. The highest BCUT2D eigenvalue weighted by molar-refractivity contribution is 7.89. The van der Waals surface area contributed by atoms with E-state index in [1.165, 1.54) is 18.3 Å². The van der Waals surface area contributed by atoms with Crippen LogP contribution in [0.2, 0.25) is 0 Å². The van der Waals surface area contributed by atoms with E-state index >= 15 is 0 Å². The third-order valence-corrected chi connectivity index (χ3v) is 4.82. The number of nitrogens with two attached hydrogens (primary N) is 1. The molecule has 0 aliphatic carbocycles. The summed E-state index contributed by atoms with van der Waals surface area (Å²) in [5, 5.41) is 1.96. The highest BCUT2D eigenvalue weighted by atomic mass is 32.2. The second-order valence-electron chi connectivity index (χ2n) is 3.75. The summed E-state index contributed by atoms with van der Waals surface area (Å²) in [6.45, 7) is 0.361. The smallest absolute Gasteiger partial charge is 0.242 e. The van der Waals surface area contributed by atoms with Gasteiger partial charge in [0.25, 0.3) is 0 Å². The molecule has 2 heterocycles. The van der Waals surface area contributed by atoms with E-state index in [0.29, 0.717) is 18.8 Å². The number of pyridine rings is 1. The van der Waals surface area contributed by atoms with E-state index < -0.39 is 10.0 Å². The molecule has 2 rings (SSSR count). The molecule has 102 valence electrons. The first-order valence-electron chi connectivity index (χ1n) is 5.56.